The van der Waals surface area contributed by atoms with Crippen molar-refractivity contribution < 1.29 is 4.79 Å². The molecule has 3 N–H and O–H groups in total. The first-order valence-corrected chi connectivity index (χ1v) is 6.55. The minimum absolute atomic E-state index is 0.391. The molecule has 0 saturated heterocycles. The Morgan fingerprint density at radius 2 is 2.28 bits per heavy atom. The molecule has 1 aromatic carbocycles. The van der Waals surface area contributed by atoms with Gasteiger partial charge in [-0.2, -0.15) is 0 Å². The van der Waals surface area contributed by atoms with Crippen molar-refractivity contribution in [3.8, 4) is 0 Å². The summed E-state index contributed by atoms with van der Waals surface area (Å²) in [5, 5.41) is 12.7. The van der Waals surface area contributed by atoms with Crippen molar-refractivity contribution in [2.75, 3.05) is 10.6 Å². The maximum Gasteiger partial charge on any atom is 0.325 e. The summed E-state index contributed by atoms with van der Waals surface area (Å²) in [6.07, 6.45) is 0. The highest BCUT2D eigenvalue weighted by atomic mass is 35.5. The Labute approximate surface area is 117 Å². The number of carbonyl (C=O) groups excluding carboxylic acids is 1. The Hall–Kier alpha value is -1.44. The van der Waals surface area contributed by atoms with Crippen LogP contribution in [0, 0.1) is 10.9 Å². The molecular formula is C10H9ClN4OS2. The molecule has 0 unspecified atom stereocenters. The molecule has 2 aromatic rings. The van der Waals surface area contributed by atoms with Crippen LogP contribution in [0.3, 0.4) is 0 Å². The maximum atomic E-state index is 11.7. The Morgan fingerprint density at radius 1 is 1.50 bits per heavy atom. The summed E-state index contributed by atoms with van der Waals surface area (Å²) in [5.74, 6) is 0. The number of amides is 2. The molecule has 0 aliphatic heterocycles. The third kappa shape index (κ3) is 3.06. The number of hydrogen-bond acceptors (Lipinski definition) is 4. The number of H-pyrrole nitrogens is 1. The Morgan fingerprint density at radius 3 is 2.94 bits per heavy atom. The van der Waals surface area contributed by atoms with Crippen LogP contribution >= 0.6 is 35.2 Å². The van der Waals surface area contributed by atoms with Crippen LogP contribution in [0.1, 0.15) is 5.56 Å². The number of hydrogen-bond donors (Lipinski definition) is 3. The number of nitrogens with zero attached hydrogens (tertiary/aromatic N) is 1. The van der Waals surface area contributed by atoms with Crippen molar-refractivity contribution in [1.82, 2.24) is 10.2 Å². The minimum Gasteiger partial charge on any atom is -0.307 e. The number of urea groups is 1. The smallest absolute Gasteiger partial charge is 0.307 e. The molecule has 5 nitrogen and oxygen atoms in total. The zero-order valence-corrected chi connectivity index (χ0v) is 11.7. The number of halogens is 1. The second kappa shape index (κ2) is 5.47. The standard InChI is InChI=1S/C10H9ClN4OS2/c1-5-6(11)3-2-4-7(5)12-8(16)13-9-14-15-10(17)18-9/h2-4H,1H3,(H,15,17)(H2,12,13,14,16). The number of anilines is 2. The maximum absolute atomic E-state index is 11.7. The molecule has 0 saturated carbocycles. The van der Waals surface area contributed by atoms with Crippen LogP contribution in [0.5, 0.6) is 0 Å². The Balaban J connectivity index is 2.07. The lowest BCUT2D eigenvalue weighted by Gasteiger charge is -2.09. The number of nitrogens with one attached hydrogen (secondary N) is 3. The SMILES string of the molecule is Cc1c(Cl)cccc1NC(=O)Nc1n[nH]c(=S)s1. The predicted molar refractivity (Wildman–Crippen MR) is 76.1 cm³/mol. The lowest BCUT2D eigenvalue weighted by atomic mass is 10.2. The summed E-state index contributed by atoms with van der Waals surface area (Å²) >= 11 is 12.0. The molecule has 0 bridgehead atoms. The van der Waals surface area contributed by atoms with E-state index >= 15 is 0 Å². The van der Waals surface area contributed by atoms with E-state index in [1.165, 1.54) is 11.3 Å². The largest absolute Gasteiger partial charge is 0.325 e. The van der Waals surface area contributed by atoms with Crippen LogP contribution in [-0.2, 0) is 0 Å². The summed E-state index contributed by atoms with van der Waals surface area (Å²) in [4.78, 5) is 11.7. The van der Waals surface area contributed by atoms with Gasteiger partial charge in [-0.15, -0.1) is 5.10 Å². The van der Waals surface area contributed by atoms with E-state index in [0.717, 1.165) is 5.56 Å². The van der Waals surface area contributed by atoms with Crippen LogP contribution < -0.4 is 10.6 Å². The molecule has 2 amide bonds. The van der Waals surface area contributed by atoms with Crippen LogP contribution in [0.15, 0.2) is 18.2 Å². The summed E-state index contributed by atoms with van der Waals surface area (Å²) in [5.41, 5.74) is 1.46. The summed E-state index contributed by atoms with van der Waals surface area (Å²) in [6.45, 7) is 1.83. The monoisotopic (exact) mass is 300 g/mol. The molecule has 8 heteroatoms. The highest BCUT2D eigenvalue weighted by Gasteiger charge is 2.08. The third-order valence-corrected chi connectivity index (χ3v) is 3.59. The molecule has 0 atom stereocenters. The van der Waals surface area contributed by atoms with E-state index < -0.39 is 6.03 Å². The quantitative estimate of drug-likeness (QED) is 0.739. The average molecular weight is 301 g/mol. The number of benzene rings is 1. The lowest BCUT2D eigenvalue weighted by Crippen LogP contribution is -2.19. The van der Waals surface area contributed by atoms with Crippen molar-refractivity contribution in [3.05, 3.63) is 32.7 Å². The summed E-state index contributed by atoms with van der Waals surface area (Å²) in [7, 11) is 0. The van der Waals surface area contributed by atoms with Crippen LogP contribution in [0.25, 0.3) is 0 Å². The summed E-state index contributed by atoms with van der Waals surface area (Å²) < 4.78 is 0.504. The molecule has 0 spiro atoms. The van der Waals surface area contributed by atoms with Gasteiger partial charge in [0, 0.05) is 10.7 Å². The minimum atomic E-state index is -0.391. The van der Waals surface area contributed by atoms with Gasteiger partial charge in [0.1, 0.15) is 0 Å². The molecule has 0 radical (unpaired) electrons. The molecule has 2 rings (SSSR count). The Bertz CT molecular complexity index is 637. The number of aromatic amines is 1. The second-order valence-corrected chi connectivity index (χ2v) is 5.48. The second-order valence-electron chi connectivity index (χ2n) is 3.41. The van der Waals surface area contributed by atoms with Gasteiger partial charge >= 0.3 is 6.03 Å². The van der Waals surface area contributed by atoms with Gasteiger partial charge in [-0.3, -0.25) is 10.4 Å². The van der Waals surface area contributed by atoms with Crippen LogP contribution in [0.4, 0.5) is 15.6 Å². The average Bonchev–Trinajstić information content (AvgIpc) is 2.70. The van der Waals surface area contributed by atoms with Gasteiger partial charge in [-0.05, 0) is 36.8 Å². The summed E-state index contributed by atoms with van der Waals surface area (Å²) in [6, 6.07) is 4.91. The zero-order chi connectivity index (χ0) is 13.1. The van der Waals surface area contributed by atoms with Crippen molar-refractivity contribution >= 4 is 52.0 Å². The topological polar surface area (TPSA) is 69.8 Å². The van der Waals surface area contributed by atoms with Gasteiger partial charge in [-0.25, -0.2) is 4.79 Å². The first-order valence-electron chi connectivity index (χ1n) is 4.95. The van der Waals surface area contributed by atoms with Crippen LogP contribution in [-0.4, -0.2) is 16.2 Å². The molecular weight excluding hydrogens is 292 g/mol. The van der Waals surface area contributed by atoms with Gasteiger partial charge in [-0.1, -0.05) is 29.0 Å². The zero-order valence-electron chi connectivity index (χ0n) is 9.28. The van der Waals surface area contributed by atoms with E-state index in [1.54, 1.807) is 18.2 Å². The Kier molecular flexibility index (Phi) is 3.95. The van der Waals surface area contributed by atoms with E-state index in [1.807, 2.05) is 6.92 Å². The molecule has 0 aliphatic rings. The molecule has 1 aromatic heterocycles. The normalized spacial score (nSPS) is 10.1. The molecule has 94 valence electrons. The third-order valence-electron chi connectivity index (χ3n) is 2.17. The fourth-order valence-electron chi connectivity index (χ4n) is 1.28. The lowest BCUT2D eigenvalue weighted by molar-refractivity contribution is 0.262. The van der Waals surface area contributed by atoms with Gasteiger partial charge in [0.05, 0.1) is 0 Å². The van der Waals surface area contributed by atoms with Crippen molar-refractivity contribution in [1.29, 1.82) is 0 Å². The van der Waals surface area contributed by atoms with E-state index in [2.05, 4.69) is 20.8 Å². The van der Waals surface area contributed by atoms with Gasteiger partial charge in [0.2, 0.25) is 5.13 Å². The fourth-order valence-corrected chi connectivity index (χ4v) is 2.24. The van der Waals surface area contributed by atoms with E-state index in [-0.39, 0.29) is 0 Å². The molecule has 18 heavy (non-hydrogen) atoms. The van der Waals surface area contributed by atoms with Crippen molar-refractivity contribution in [3.63, 3.8) is 0 Å². The highest BCUT2D eigenvalue weighted by Crippen LogP contribution is 2.23. The van der Waals surface area contributed by atoms with E-state index in [9.17, 15) is 4.79 Å². The van der Waals surface area contributed by atoms with Gasteiger partial charge in [0.15, 0.2) is 3.95 Å². The molecule has 0 fully saturated rings. The van der Waals surface area contributed by atoms with E-state index in [0.29, 0.717) is 19.8 Å². The predicted octanol–water partition coefficient (Wildman–Crippen LogP) is 3.81. The van der Waals surface area contributed by atoms with Crippen molar-refractivity contribution in [2.45, 2.75) is 6.92 Å². The number of rotatable bonds is 2. The van der Waals surface area contributed by atoms with Gasteiger partial charge in [0.25, 0.3) is 0 Å². The van der Waals surface area contributed by atoms with Crippen molar-refractivity contribution in [2.24, 2.45) is 0 Å². The molecule has 0 aliphatic carbocycles. The molecule has 1 heterocycles. The number of aromatic nitrogens is 2. The highest BCUT2D eigenvalue weighted by molar-refractivity contribution is 7.73. The first kappa shape index (κ1) is 13.0. The van der Waals surface area contributed by atoms with Gasteiger partial charge < -0.3 is 5.32 Å². The number of carbonyl (C=O) groups is 1. The van der Waals surface area contributed by atoms with Crippen LogP contribution in [0.2, 0.25) is 5.02 Å². The van der Waals surface area contributed by atoms with E-state index in [4.69, 9.17) is 23.8 Å². The fraction of sp³-hybridized carbons (Fsp3) is 0.100. The first-order chi connectivity index (χ1) is 8.56.